The lowest BCUT2D eigenvalue weighted by Crippen LogP contribution is -2.15. The maximum atomic E-state index is 13.3. The molecule has 0 aliphatic rings. The van der Waals surface area contributed by atoms with Crippen LogP contribution in [0.3, 0.4) is 0 Å². The van der Waals surface area contributed by atoms with Crippen molar-refractivity contribution in [2.75, 3.05) is 4.72 Å². The third kappa shape index (κ3) is 3.04. The van der Waals surface area contributed by atoms with Crippen molar-refractivity contribution in [3.63, 3.8) is 0 Å². The summed E-state index contributed by atoms with van der Waals surface area (Å²) in [5.74, 6) is -0.599. The van der Waals surface area contributed by atoms with Crippen LogP contribution in [-0.2, 0) is 16.6 Å². The van der Waals surface area contributed by atoms with E-state index in [4.69, 9.17) is 5.73 Å². The average Bonchev–Trinajstić information content (AvgIpc) is 2.39. The summed E-state index contributed by atoms with van der Waals surface area (Å²) in [4.78, 5) is 7.40. The van der Waals surface area contributed by atoms with Gasteiger partial charge in [-0.05, 0) is 24.3 Å². The van der Waals surface area contributed by atoms with Crippen LogP contribution in [0.15, 0.2) is 41.6 Å². The summed E-state index contributed by atoms with van der Waals surface area (Å²) < 4.78 is 39.5. The smallest absolute Gasteiger partial charge is 0.264 e. The van der Waals surface area contributed by atoms with Gasteiger partial charge in [0.15, 0.2) is 0 Å². The van der Waals surface area contributed by atoms with Crippen LogP contribution >= 0.6 is 0 Å². The molecular weight excluding hydrogens is 271 g/mol. The third-order valence-corrected chi connectivity index (χ3v) is 3.66. The van der Waals surface area contributed by atoms with E-state index < -0.39 is 15.8 Å². The number of halogens is 1. The Hall–Kier alpha value is -2.06. The van der Waals surface area contributed by atoms with E-state index in [2.05, 4.69) is 14.7 Å². The SMILES string of the molecule is NCc1cc(S(=O)(=O)Nc2ncccn2)ccc1F. The molecule has 6 nitrogen and oxygen atoms in total. The zero-order valence-corrected chi connectivity index (χ0v) is 10.6. The molecule has 1 aromatic heterocycles. The van der Waals surface area contributed by atoms with Crippen LogP contribution in [0.2, 0.25) is 0 Å². The normalized spacial score (nSPS) is 11.3. The van der Waals surface area contributed by atoms with Gasteiger partial charge in [0.2, 0.25) is 5.95 Å². The van der Waals surface area contributed by atoms with E-state index >= 15 is 0 Å². The van der Waals surface area contributed by atoms with Crippen molar-refractivity contribution in [3.8, 4) is 0 Å². The fourth-order valence-corrected chi connectivity index (χ4v) is 2.41. The summed E-state index contributed by atoms with van der Waals surface area (Å²) in [6.07, 6.45) is 2.81. The van der Waals surface area contributed by atoms with E-state index in [0.717, 1.165) is 12.1 Å². The van der Waals surface area contributed by atoms with E-state index in [1.807, 2.05) is 0 Å². The van der Waals surface area contributed by atoms with E-state index in [0.29, 0.717) is 0 Å². The molecule has 8 heteroatoms. The fraction of sp³-hybridized carbons (Fsp3) is 0.0909. The molecule has 0 radical (unpaired) electrons. The van der Waals surface area contributed by atoms with Crippen molar-refractivity contribution >= 4 is 16.0 Å². The molecule has 0 saturated heterocycles. The summed E-state index contributed by atoms with van der Waals surface area (Å²) in [6.45, 7) is -0.0863. The van der Waals surface area contributed by atoms with Gasteiger partial charge in [0.25, 0.3) is 10.0 Å². The zero-order valence-electron chi connectivity index (χ0n) is 9.75. The second kappa shape index (κ2) is 5.29. The highest BCUT2D eigenvalue weighted by atomic mass is 32.2. The number of sulfonamides is 1. The van der Waals surface area contributed by atoms with Gasteiger partial charge in [-0.3, -0.25) is 0 Å². The standard InChI is InChI=1S/C11H11FN4O2S/c12-10-3-2-9(6-8(10)7-13)19(17,18)16-11-14-4-1-5-15-11/h1-6H,7,13H2,(H,14,15,16). The predicted molar refractivity (Wildman–Crippen MR) is 67.1 cm³/mol. The maximum absolute atomic E-state index is 13.3. The highest BCUT2D eigenvalue weighted by molar-refractivity contribution is 7.92. The van der Waals surface area contributed by atoms with Crippen LogP contribution in [0.1, 0.15) is 5.56 Å². The molecule has 3 N–H and O–H groups in total. The van der Waals surface area contributed by atoms with Gasteiger partial charge in [0.1, 0.15) is 5.82 Å². The minimum Gasteiger partial charge on any atom is -0.326 e. The zero-order chi connectivity index (χ0) is 13.9. The van der Waals surface area contributed by atoms with Crippen molar-refractivity contribution in [2.24, 2.45) is 5.73 Å². The number of aromatic nitrogens is 2. The van der Waals surface area contributed by atoms with Crippen LogP contribution in [-0.4, -0.2) is 18.4 Å². The molecule has 1 aromatic carbocycles. The average molecular weight is 282 g/mol. The molecule has 0 amide bonds. The first kappa shape index (κ1) is 13.4. The summed E-state index contributed by atoms with van der Waals surface area (Å²) in [5.41, 5.74) is 5.46. The number of anilines is 1. The molecule has 0 spiro atoms. The van der Waals surface area contributed by atoms with Gasteiger partial charge in [-0.25, -0.2) is 27.5 Å². The van der Waals surface area contributed by atoms with Crippen molar-refractivity contribution in [3.05, 3.63) is 48.0 Å². The molecular formula is C11H11FN4O2S. The second-order valence-electron chi connectivity index (χ2n) is 3.64. The van der Waals surface area contributed by atoms with Gasteiger partial charge in [0.05, 0.1) is 4.90 Å². The van der Waals surface area contributed by atoms with Gasteiger partial charge >= 0.3 is 0 Å². The molecule has 0 bridgehead atoms. The molecule has 0 fully saturated rings. The van der Waals surface area contributed by atoms with Crippen LogP contribution in [0.4, 0.5) is 10.3 Å². The lowest BCUT2D eigenvalue weighted by molar-refractivity contribution is 0.596. The van der Waals surface area contributed by atoms with Gasteiger partial charge in [-0.1, -0.05) is 0 Å². The second-order valence-corrected chi connectivity index (χ2v) is 5.32. The monoisotopic (exact) mass is 282 g/mol. The number of nitrogens with one attached hydrogen (secondary N) is 1. The Kier molecular flexibility index (Phi) is 3.72. The van der Waals surface area contributed by atoms with Crippen LogP contribution in [0.5, 0.6) is 0 Å². The lowest BCUT2D eigenvalue weighted by Gasteiger charge is -2.08. The fourth-order valence-electron chi connectivity index (χ4n) is 1.41. The first-order valence-corrected chi connectivity index (χ1v) is 6.79. The van der Waals surface area contributed by atoms with Crippen molar-refractivity contribution in [1.82, 2.24) is 9.97 Å². The molecule has 100 valence electrons. The predicted octanol–water partition coefficient (Wildman–Crippen LogP) is 0.875. The summed E-state index contributed by atoms with van der Waals surface area (Å²) in [6, 6.07) is 4.95. The highest BCUT2D eigenvalue weighted by Gasteiger charge is 2.17. The molecule has 0 saturated carbocycles. The van der Waals surface area contributed by atoms with Gasteiger partial charge in [0, 0.05) is 24.5 Å². The number of hydrogen-bond donors (Lipinski definition) is 2. The third-order valence-electron chi connectivity index (χ3n) is 2.34. The summed E-state index contributed by atoms with van der Waals surface area (Å²) >= 11 is 0. The van der Waals surface area contributed by atoms with E-state index in [9.17, 15) is 12.8 Å². The van der Waals surface area contributed by atoms with Crippen molar-refractivity contribution in [1.29, 1.82) is 0 Å². The van der Waals surface area contributed by atoms with E-state index in [-0.39, 0.29) is 23.0 Å². The molecule has 2 rings (SSSR count). The number of rotatable bonds is 4. The van der Waals surface area contributed by atoms with Gasteiger partial charge in [-0.2, -0.15) is 0 Å². The number of hydrogen-bond acceptors (Lipinski definition) is 5. The molecule has 0 aliphatic heterocycles. The molecule has 0 atom stereocenters. The Morgan fingerprint density at radius 3 is 2.58 bits per heavy atom. The van der Waals surface area contributed by atoms with Crippen LogP contribution in [0, 0.1) is 5.82 Å². The van der Waals surface area contributed by atoms with E-state index in [1.165, 1.54) is 18.5 Å². The van der Waals surface area contributed by atoms with Gasteiger partial charge in [-0.15, -0.1) is 0 Å². The van der Waals surface area contributed by atoms with Crippen LogP contribution in [0.25, 0.3) is 0 Å². The van der Waals surface area contributed by atoms with Crippen LogP contribution < -0.4 is 10.5 Å². The number of benzene rings is 1. The Balaban J connectivity index is 2.35. The van der Waals surface area contributed by atoms with E-state index in [1.54, 1.807) is 6.07 Å². The number of nitrogens with two attached hydrogens (primary N) is 1. The Morgan fingerprint density at radius 1 is 1.26 bits per heavy atom. The quantitative estimate of drug-likeness (QED) is 0.867. The van der Waals surface area contributed by atoms with Crippen molar-refractivity contribution in [2.45, 2.75) is 11.4 Å². The molecule has 2 aromatic rings. The highest BCUT2D eigenvalue weighted by Crippen LogP contribution is 2.16. The largest absolute Gasteiger partial charge is 0.326 e. The topological polar surface area (TPSA) is 98.0 Å². The Morgan fingerprint density at radius 2 is 1.95 bits per heavy atom. The molecule has 1 heterocycles. The molecule has 19 heavy (non-hydrogen) atoms. The van der Waals surface area contributed by atoms with Crippen molar-refractivity contribution < 1.29 is 12.8 Å². The Bertz CT molecular complexity index is 676. The minimum absolute atomic E-state index is 0.0545. The maximum Gasteiger partial charge on any atom is 0.264 e. The first-order valence-electron chi connectivity index (χ1n) is 5.31. The lowest BCUT2D eigenvalue weighted by atomic mass is 10.2. The summed E-state index contributed by atoms with van der Waals surface area (Å²) in [7, 11) is -3.86. The first-order chi connectivity index (χ1) is 9.03. The van der Waals surface area contributed by atoms with Gasteiger partial charge < -0.3 is 5.73 Å². The number of nitrogens with zero attached hydrogens (tertiary/aromatic N) is 2. The molecule has 0 aliphatic carbocycles. The minimum atomic E-state index is -3.86. The summed E-state index contributed by atoms with van der Waals surface area (Å²) in [5, 5.41) is 0. The Labute approximate surface area is 109 Å². The molecule has 0 unspecified atom stereocenters.